The number of nitrogens with zero attached hydrogens (tertiary/aromatic N) is 4. The van der Waals surface area contributed by atoms with Crippen molar-refractivity contribution in [2.75, 3.05) is 13.1 Å². The number of carbonyl (C=O) groups excluding carboxylic acids is 7. The van der Waals surface area contributed by atoms with Crippen LogP contribution in [-0.2, 0) is 40.6 Å². The van der Waals surface area contributed by atoms with Crippen molar-refractivity contribution in [3.05, 3.63) is 106 Å². The van der Waals surface area contributed by atoms with E-state index in [0.29, 0.717) is 50.1 Å². The minimum Gasteiger partial charge on any atom is -0.370 e. The van der Waals surface area contributed by atoms with Gasteiger partial charge in [0.15, 0.2) is 0 Å². The molecule has 8 rings (SSSR count). The SMILES string of the molecule is Cn1c(=O)n(C2CCC(=O)NC2=O)c2ccc([C@H]3CC[C@@H](CCC(=O)N4CC[C@H]5CC[C@@H](C(=O)N[C@@H](CCC(N)=O)C(=O)NC(c6ccccc6)c6ccccc6)N5C(=O)[C@@H](N)C4)CC3)cc21. The zero-order valence-electron chi connectivity index (χ0n) is 37.9. The van der Waals surface area contributed by atoms with Crippen molar-refractivity contribution in [3.63, 3.8) is 0 Å². The monoisotopic (exact) mass is 915 g/mol. The minimum atomic E-state index is -1.11. The molecule has 0 spiro atoms. The van der Waals surface area contributed by atoms with Gasteiger partial charge in [-0.15, -0.1) is 0 Å². The summed E-state index contributed by atoms with van der Waals surface area (Å²) in [5.41, 5.74) is 15.9. The molecule has 7 N–H and O–H groups in total. The Bertz CT molecular complexity index is 2530. The van der Waals surface area contributed by atoms with Crippen LogP contribution in [0.4, 0.5) is 0 Å². The second kappa shape index (κ2) is 20.5. The van der Waals surface area contributed by atoms with Gasteiger partial charge in [-0.3, -0.25) is 48.0 Å². The molecule has 1 aliphatic carbocycles. The number of imidazole rings is 1. The van der Waals surface area contributed by atoms with Crippen LogP contribution in [0.5, 0.6) is 0 Å². The third-order valence-corrected chi connectivity index (χ3v) is 14.5. The van der Waals surface area contributed by atoms with E-state index in [1.165, 1.54) is 4.57 Å². The van der Waals surface area contributed by atoms with Crippen LogP contribution in [0.25, 0.3) is 11.0 Å². The van der Waals surface area contributed by atoms with E-state index < -0.39 is 59.7 Å². The Kier molecular flexibility index (Phi) is 14.3. The van der Waals surface area contributed by atoms with Crippen molar-refractivity contribution < 1.29 is 33.6 Å². The molecule has 354 valence electrons. The summed E-state index contributed by atoms with van der Waals surface area (Å²) >= 11 is 0. The molecule has 1 saturated carbocycles. The van der Waals surface area contributed by atoms with E-state index in [1.807, 2.05) is 78.9 Å². The lowest BCUT2D eigenvalue weighted by molar-refractivity contribution is -0.145. The van der Waals surface area contributed by atoms with Gasteiger partial charge in [0.2, 0.25) is 41.4 Å². The first-order valence-corrected chi connectivity index (χ1v) is 23.7. The van der Waals surface area contributed by atoms with Crippen LogP contribution in [0.2, 0.25) is 0 Å². The lowest BCUT2D eigenvalue weighted by atomic mass is 9.77. The van der Waals surface area contributed by atoms with Gasteiger partial charge < -0.3 is 31.9 Å². The molecule has 7 amide bonds. The quantitative estimate of drug-likeness (QED) is 0.117. The fourth-order valence-electron chi connectivity index (χ4n) is 10.7. The molecule has 4 aromatic rings. The molecule has 1 unspecified atom stereocenters. The Balaban J connectivity index is 0.845. The molecule has 5 atom stereocenters. The fourth-order valence-corrected chi connectivity index (χ4v) is 10.7. The summed E-state index contributed by atoms with van der Waals surface area (Å²) in [6.45, 7) is 0.421. The van der Waals surface area contributed by atoms with Crippen LogP contribution in [0.3, 0.4) is 0 Å². The summed E-state index contributed by atoms with van der Waals surface area (Å²) < 4.78 is 3.06. The van der Waals surface area contributed by atoms with Gasteiger partial charge >= 0.3 is 5.69 Å². The second-order valence-corrected chi connectivity index (χ2v) is 18.7. The first-order valence-electron chi connectivity index (χ1n) is 23.7. The number of rotatable bonds is 14. The van der Waals surface area contributed by atoms with E-state index in [0.717, 1.165) is 47.9 Å². The molecule has 3 aromatic carbocycles. The highest BCUT2D eigenvalue weighted by atomic mass is 16.2. The van der Waals surface area contributed by atoms with E-state index in [9.17, 15) is 38.4 Å². The number of piperidine rings is 1. The number of nitrogens with two attached hydrogens (primary N) is 2. The van der Waals surface area contributed by atoms with Crippen LogP contribution in [0.1, 0.15) is 118 Å². The van der Waals surface area contributed by atoms with Crippen molar-refractivity contribution in [1.82, 2.24) is 34.9 Å². The lowest BCUT2D eigenvalue weighted by Gasteiger charge is -2.38. The number of primary amides is 1. The first kappa shape index (κ1) is 46.9. The van der Waals surface area contributed by atoms with Crippen molar-refractivity contribution >= 4 is 52.4 Å². The van der Waals surface area contributed by atoms with E-state index >= 15 is 0 Å². The zero-order valence-corrected chi connectivity index (χ0v) is 37.9. The van der Waals surface area contributed by atoms with Crippen molar-refractivity contribution in [3.8, 4) is 0 Å². The number of amides is 7. The van der Waals surface area contributed by atoms with E-state index in [4.69, 9.17) is 11.5 Å². The van der Waals surface area contributed by atoms with Crippen LogP contribution in [-0.4, -0.2) is 97.5 Å². The zero-order chi connectivity index (χ0) is 47.4. The van der Waals surface area contributed by atoms with Crippen LogP contribution in [0, 0.1) is 5.92 Å². The molecule has 4 fully saturated rings. The molecule has 0 radical (unpaired) electrons. The van der Waals surface area contributed by atoms with Gasteiger partial charge in [-0.2, -0.15) is 0 Å². The Hall–Kier alpha value is -6.62. The summed E-state index contributed by atoms with van der Waals surface area (Å²) in [7, 11) is 1.70. The Morgan fingerprint density at radius 3 is 2.13 bits per heavy atom. The lowest BCUT2D eigenvalue weighted by Crippen LogP contribution is -2.60. The average molecular weight is 916 g/mol. The summed E-state index contributed by atoms with van der Waals surface area (Å²) in [6.07, 6.45) is 6.44. The van der Waals surface area contributed by atoms with Gasteiger partial charge in [-0.1, -0.05) is 66.7 Å². The molecule has 17 heteroatoms. The number of hydrogen-bond donors (Lipinski definition) is 5. The summed E-state index contributed by atoms with van der Waals surface area (Å²) in [5.74, 6) is -2.24. The highest BCUT2D eigenvalue weighted by molar-refractivity contribution is 6.00. The number of hydrogen-bond acceptors (Lipinski definition) is 9. The highest BCUT2D eigenvalue weighted by Gasteiger charge is 2.45. The normalized spacial score (nSPS) is 23.8. The number of nitrogens with one attached hydrogen (secondary N) is 3. The Morgan fingerprint density at radius 2 is 1.48 bits per heavy atom. The number of imide groups is 1. The molecular formula is C50H61N9O8. The van der Waals surface area contributed by atoms with Gasteiger partial charge in [0, 0.05) is 45.4 Å². The Labute approximate surface area is 389 Å². The smallest absolute Gasteiger partial charge is 0.329 e. The number of benzene rings is 3. The second-order valence-electron chi connectivity index (χ2n) is 18.7. The van der Waals surface area contributed by atoms with E-state index in [-0.39, 0.29) is 61.7 Å². The molecule has 0 bridgehead atoms. The molecule has 4 aliphatic rings. The maximum Gasteiger partial charge on any atom is 0.329 e. The standard InChI is InChI=1S/C50H61N9O8/c1-56-41-28-34(17-20-38(41)59(50(56)67)40-22-24-43(61)54-48(40)65)31-15-12-30(13-16-31)14-25-44(62)57-27-26-35-18-21-39(58(35)49(66)36(51)29-57)47(64)53-37(19-23-42(52)60)46(63)55-45(32-8-4-2-5-9-32)33-10-6-3-7-11-33/h2-11,17,20,28,30-31,35-37,39-40,45H,12-16,18-19,21-27,29,51H2,1H3,(H2,52,60)(H,53,64)(H,55,63)(H,54,61,65)/t30-,31+,35-,36+,37+,39+,40?/m1/s1. The molecule has 3 aliphatic heterocycles. The van der Waals surface area contributed by atoms with Crippen LogP contribution >= 0.6 is 0 Å². The Morgan fingerprint density at radius 1 is 0.791 bits per heavy atom. The third-order valence-electron chi connectivity index (χ3n) is 14.5. The van der Waals surface area contributed by atoms with Gasteiger partial charge in [-0.05, 0) is 105 Å². The predicted molar refractivity (Wildman–Crippen MR) is 249 cm³/mol. The number of carbonyl (C=O) groups is 7. The van der Waals surface area contributed by atoms with E-state index in [1.54, 1.807) is 21.4 Å². The fraction of sp³-hybridized carbons (Fsp3) is 0.480. The largest absolute Gasteiger partial charge is 0.370 e. The topological polar surface area (TPSA) is 241 Å². The van der Waals surface area contributed by atoms with Gasteiger partial charge in [0.05, 0.1) is 17.1 Å². The van der Waals surface area contributed by atoms with Crippen LogP contribution < -0.4 is 33.1 Å². The van der Waals surface area contributed by atoms with E-state index in [2.05, 4.69) is 16.0 Å². The maximum absolute atomic E-state index is 14.1. The molecule has 4 heterocycles. The average Bonchev–Trinajstić information content (AvgIpc) is 3.86. The molecule has 67 heavy (non-hydrogen) atoms. The third kappa shape index (κ3) is 10.4. The first-order chi connectivity index (χ1) is 32.3. The molecular weight excluding hydrogens is 855 g/mol. The minimum absolute atomic E-state index is 0.0300. The number of aromatic nitrogens is 2. The number of aryl methyl sites for hydroxylation is 1. The molecule has 1 aromatic heterocycles. The number of fused-ring (bicyclic) bond motifs is 2. The molecule has 17 nitrogen and oxygen atoms in total. The van der Waals surface area contributed by atoms with Crippen molar-refractivity contribution in [2.24, 2.45) is 24.4 Å². The van der Waals surface area contributed by atoms with Gasteiger partial charge in [0.25, 0.3) is 0 Å². The summed E-state index contributed by atoms with van der Waals surface area (Å²) in [4.78, 5) is 109. The summed E-state index contributed by atoms with van der Waals surface area (Å²) in [5, 5.41) is 8.27. The highest BCUT2D eigenvalue weighted by Crippen LogP contribution is 2.39. The van der Waals surface area contributed by atoms with Gasteiger partial charge in [-0.25, -0.2) is 4.79 Å². The van der Waals surface area contributed by atoms with Crippen molar-refractivity contribution in [2.45, 2.75) is 126 Å². The summed E-state index contributed by atoms with van der Waals surface area (Å²) in [6, 6.07) is 20.2. The van der Waals surface area contributed by atoms with Gasteiger partial charge in [0.1, 0.15) is 24.2 Å². The van der Waals surface area contributed by atoms with Crippen LogP contribution in [0.15, 0.2) is 83.7 Å². The maximum atomic E-state index is 14.1. The predicted octanol–water partition coefficient (Wildman–Crippen LogP) is 2.95. The molecule has 3 saturated heterocycles. The van der Waals surface area contributed by atoms with Crippen molar-refractivity contribution in [1.29, 1.82) is 0 Å².